The van der Waals surface area contributed by atoms with E-state index in [0.717, 1.165) is 6.42 Å². The van der Waals surface area contributed by atoms with Crippen LogP contribution in [-0.4, -0.2) is 62.7 Å². The highest BCUT2D eigenvalue weighted by molar-refractivity contribution is 6.04. The van der Waals surface area contributed by atoms with Gasteiger partial charge in [-0.05, 0) is 36.8 Å². The molecule has 0 aromatic heterocycles. The SMILES string of the molecule is CCCCC(C(=O)c1cc(CC(C)C)c(O)c(C=O)c1O)C1C[C@@H](O)C2(O[C@H]2CC)[C@H](O)O1. The summed E-state index contributed by atoms with van der Waals surface area (Å²) >= 11 is 0. The molecule has 4 N–H and O–H groups in total. The Hall–Kier alpha value is -2.00. The Morgan fingerprint density at radius 3 is 2.45 bits per heavy atom. The number of phenolic OH excluding ortho intramolecular Hbond substituents is 2. The number of rotatable bonds is 10. The Morgan fingerprint density at radius 2 is 1.94 bits per heavy atom. The first kappa shape index (κ1) is 25.6. The standard InChI is InChI=1S/C25H36O8/c1-5-7-8-15(18-11-19(27)25(24(31)32-18)20(6-2)33-25)22(29)16-10-14(9-13(3)4)21(28)17(12-26)23(16)30/h10,12-13,15,18-20,24,27-28,30-31H,5-9,11H2,1-4H3/t15?,18?,19-,20+,24-,25?/m1/s1. The van der Waals surface area contributed by atoms with E-state index in [1.165, 1.54) is 6.07 Å². The average Bonchev–Trinajstić information content (AvgIpc) is 3.50. The van der Waals surface area contributed by atoms with E-state index in [1.807, 2.05) is 27.7 Å². The van der Waals surface area contributed by atoms with Crippen LogP contribution in [0.5, 0.6) is 11.5 Å². The van der Waals surface area contributed by atoms with Crippen LogP contribution in [0.4, 0.5) is 0 Å². The molecule has 0 aliphatic carbocycles. The number of aromatic hydroxyl groups is 2. The van der Waals surface area contributed by atoms with Gasteiger partial charge in [0.2, 0.25) is 0 Å². The van der Waals surface area contributed by atoms with Gasteiger partial charge in [-0.15, -0.1) is 0 Å². The molecule has 6 atom stereocenters. The molecule has 1 spiro atoms. The topological polar surface area (TPSA) is 137 Å². The highest BCUT2D eigenvalue weighted by atomic mass is 16.7. The summed E-state index contributed by atoms with van der Waals surface area (Å²) in [5, 5.41) is 42.5. The summed E-state index contributed by atoms with van der Waals surface area (Å²) in [6, 6.07) is 1.44. The van der Waals surface area contributed by atoms with E-state index in [1.54, 1.807) is 0 Å². The summed E-state index contributed by atoms with van der Waals surface area (Å²) in [5.74, 6) is -1.94. The molecule has 0 radical (unpaired) electrons. The second-order valence-corrected chi connectivity index (χ2v) is 9.67. The number of hydrogen-bond donors (Lipinski definition) is 4. The van der Waals surface area contributed by atoms with E-state index in [0.29, 0.717) is 37.5 Å². The summed E-state index contributed by atoms with van der Waals surface area (Å²) in [7, 11) is 0. The van der Waals surface area contributed by atoms with Crippen LogP contribution in [0.25, 0.3) is 0 Å². The maximum absolute atomic E-state index is 13.7. The average molecular weight is 465 g/mol. The quantitative estimate of drug-likeness (QED) is 0.235. The van der Waals surface area contributed by atoms with Gasteiger partial charge < -0.3 is 29.9 Å². The van der Waals surface area contributed by atoms with Crippen molar-refractivity contribution in [1.29, 1.82) is 0 Å². The molecule has 0 saturated carbocycles. The lowest BCUT2D eigenvalue weighted by molar-refractivity contribution is -0.239. The number of aliphatic hydroxyl groups excluding tert-OH is 2. The van der Waals surface area contributed by atoms with Gasteiger partial charge in [-0.25, -0.2) is 0 Å². The van der Waals surface area contributed by atoms with Gasteiger partial charge in [-0.2, -0.15) is 0 Å². The molecule has 2 aliphatic heterocycles. The van der Waals surface area contributed by atoms with Crippen LogP contribution in [0, 0.1) is 11.8 Å². The smallest absolute Gasteiger partial charge is 0.189 e. The van der Waals surface area contributed by atoms with Crippen LogP contribution >= 0.6 is 0 Å². The van der Waals surface area contributed by atoms with Gasteiger partial charge in [0.15, 0.2) is 24.0 Å². The molecule has 3 unspecified atom stereocenters. The van der Waals surface area contributed by atoms with Crippen molar-refractivity contribution in [2.45, 2.75) is 96.4 Å². The lowest BCUT2D eigenvalue weighted by Crippen LogP contribution is -2.55. The fourth-order valence-electron chi connectivity index (χ4n) is 5.03. The largest absolute Gasteiger partial charge is 0.507 e. The molecule has 2 aliphatic rings. The van der Waals surface area contributed by atoms with Crippen LogP contribution in [0.3, 0.4) is 0 Å². The first-order valence-corrected chi connectivity index (χ1v) is 11.9. The summed E-state index contributed by atoms with van der Waals surface area (Å²) in [6.45, 7) is 7.76. The Kier molecular flexibility index (Phi) is 7.84. The van der Waals surface area contributed by atoms with Crippen LogP contribution < -0.4 is 0 Å². The molecule has 0 bridgehead atoms. The molecule has 2 saturated heterocycles. The van der Waals surface area contributed by atoms with E-state index in [9.17, 15) is 30.0 Å². The van der Waals surface area contributed by atoms with E-state index in [2.05, 4.69) is 0 Å². The number of unbranched alkanes of at least 4 members (excludes halogenated alkanes) is 1. The third kappa shape index (κ3) is 4.67. The molecular weight excluding hydrogens is 428 g/mol. The number of ether oxygens (including phenoxy) is 2. The van der Waals surface area contributed by atoms with Gasteiger partial charge in [0.1, 0.15) is 11.5 Å². The molecule has 1 aromatic rings. The minimum Gasteiger partial charge on any atom is -0.507 e. The van der Waals surface area contributed by atoms with Gasteiger partial charge in [-0.3, -0.25) is 9.59 Å². The van der Waals surface area contributed by atoms with Crippen molar-refractivity contribution >= 4 is 12.1 Å². The van der Waals surface area contributed by atoms with Crippen LogP contribution in [0.1, 0.15) is 86.1 Å². The monoisotopic (exact) mass is 464 g/mol. The van der Waals surface area contributed by atoms with Crippen LogP contribution in [-0.2, 0) is 15.9 Å². The fourth-order valence-corrected chi connectivity index (χ4v) is 5.03. The number of benzene rings is 1. The predicted octanol–water partition coefficient (Wildman–Crippen LogP) is 3.11. The number of aldehydes is 1. The number of epoxide rings is 1. The number of aliphatic hydroxyl groups is 2. The second kappa shape index (κ2) is 10.1. The van der Waals surface area contributed by atoms with Gasteiger partial charge in [0.05, 0.1) is 29.4 Å². The van der Waals surface area contributed by atoms with E-state index >= 15 is 0 Å². The minimum atomic E-state index is -1.37. The number of carbonyl (C=O) groups is 2. The zero-order chi connectivity index (χ0) is 24.5. The number of carbonyl (C=O) groups excluding carboxylic acids is 2. The van der Waals surface area contributed by atoms with E-state index in [4.69, 9.17) is 9.47 Å². The Morgan fingerprint density at radius 1 is 1.24 bits per heavy atom. The van der Waals surface area contributed by atoms with Crippen LogP contribution in [0.2, 0.25) is 0 Å². The molecule has 184 valence electrons. The van der Waals surface area contributed by atoms with Crippen molar-refractivity contribution in [1.82, 2.24) is 0 Å². The first-order chi connectivity index (χ1) is 15.6. The molecule has 2 heterocycles. The molecule has 3 rings (SSSR count). The second-order valence-electron chi connectivity index (χ2n) is 9.67. The minimum absolute atomic E-state index is 0.0615. The Labute approximate surface area is 194 Å². The highest BCUT2D eigenvalue weighted by Gasteiger charge is 2.68. The third-order valence-corrected chi connectivity index (χ3v) is 6.88. The van der Waals surface area contributed by atoms with Gasteiger partial charge in [-0.1, -0.05) is 40.5 Å². The molecule has 1 aromatic carbocycles. The molecule has 33 heavy (non-hydrogen) atoms. The zero-order valence-electron chi connectivity index (χ0n) is 19.8. The predicted molar refractivity (Wildman–Crippen MR) is 120 cm³/mol. The fraction of sp³-hybridized carbons (Fsp3) is 0.680. The van der Waals surface area contributed by atoms with Gasteiger partial charge >= 0.3 is 0 Å². The van der Waals surface area contributed by atoms with Crippen molar-refractivity contribution in [2.24, 2.45) is 11.8 Å². The summed E-state index contributed by atoms with van der Waals surface area (Å²) < 4.78 is 11.4. The van der Waals surface area contributed by atoms with Gasteiger partial charge in [0, 0.05) is 12.3 Å². The van der Waals surface area contributed by atoms with Crippen molar-refractivity contribution in [2.75, 3.05) is 0 Å². The van der Waals surface area contributed by atoms with E-state index < -0.39 is 41.5 Å². The lowest BCUT2D eigenvalue weighted by Gasteiger charge is -2.39. The maximum atomic E-state index is 13.7. The van der Waals surface area contributed by atoms with Crippen molar-refractivity contribution in [3.8, 4) is 11.5 Å². The Bertz CT molecular complexity index is 868. The third-order valence-electron chi connectivity index (χ3n) is 6.88. The lowest BCUT2D eigenvalue weighted by atomic mass is 9.80. The van der Waals surface area contributed by atoms with Gasteiger partial charge in [0.25, 0.3) is 0 Å². The zero-order valence-corrected chi connectivity index (χ0v) is 19.8. The molecule has 8 nitrogen and oxygen atoms in total. The number of ketones is 1. The summed E-state index contributed by atoms with van der Waals surface area (Å²) in [4.78, 5) is 25.3. The molecule has 8 heteroatoms. The highest BCUT2D eigenvalue weighted by Crippen LogP contribution is 2.50. The normalized spacial score (nSPS) is 29.9. The molecular formula is C25H36O8. The van der Waals surface area contributed by atoms with Crippen LogP contribution in [0.15, 0.2) is 6.07 Å². The number of Topliss-reactive ketones (excluding diaryl/α,β-unsaturated/α-hetero) is 1. The van der Waals surface area contributed by atoms with E-state index in [-0.39, 0.29) is 35.3 Å². The Balaban J connectivity index is 1.95. The number of hydrogen-bond acceptors (Lipinski definition) is 8. The van der Waals surface area contributed by atoms with Crippen molar-refractivity contribution < 1.29 is 39.5 Å². The molecule has 2 fully saturated rings. The summed E-state index contributed by atoms with van der Waals surface area (Å²) in [5.41, 5.74) is -1.12. The maximum Gasteiger partial charge on any atom is 0.189 e. The first-order valence-electron chi connectivity index (χ1n) is 11.9. The number of phenols is 2. The molecule has 0 amide bonds. The van der Waals surface area contributed by atoms with Crippen molar-refractivity contribution in [3.05, 3.63) is 22.8 Å². The van der Waals surface area contributed by atoms with Crippen molar-refractivity contribution in [3.63, 3.8) is 0 Å². The summed E-state index contributed by atoms with van der Waals surface area (Å²) in [6.07, 6.45) is -0.0511.